The minimum absolute atomic E-state index is 0.290. The van der Waals surface area contributed by atoms with Gasteiger partial charge >= 0.3 is 5.97 Å². The van der Waals surface area contributed by atoms with Crippen molar-refractivity contribution in [1.82, 2.24) is 34.7 Å². The summed E-state index contributed by atoms with van der Waals surface area (Å²) in [5.74, 6) is 0.121. The van der Waals surface area contributed by atoms with Gasteiger partial charge in [0.2, 0.25) is 0 Å². The molecule has 0 saturated carbocycles. The topological polar surface area (TPSA) is 113 Å². The molecule has 178 valence electrons. The van der Waals surface area contributed by atoms with Crippen LogP contribution in [-0.2, 0) is 11.3 Å². The molecule has 0 aliphatic heterocycles. The SMILES string of the molecule is CCOC(=O)c1cccc2nc(OCC)n(Cc3ccc(-n4cc(Cl)cc4-c4nnn[nH]4)cc3)c12. The van der Waals surface area contributed by atoms with E-state index >= 15 is 0 Å². The Kier molecular flexibility index (Phi) is 6.19. The van der Waals surface area contributed by atoms with Crippen molar-refractivity contribution in [3.8, 4) is 23.2 Å². The molecule has 0 fully saturated rings. The average Bonchev–Trinajstić information content (AvgIpc) is 3.59. The average molecular weight is 492 g/mol. The number of halogens is 1. The number of rotatable bonds is 8. The number of hydrogen-bond acceptors (Lipinski definition) is 7. The normalized spacial score (nSPS) is 11.2. The van der Waals surface area contributed by atoms with E-state index in [0.29, 0.717) is 53.2 Å². The minimum atomic E-state index is -0.392. The molecule has 1 N–H and O–H groups in total. The number of fused-ring (bicyclic) bond motifs is 1. The van der Waals surface area contributed by atoms with Crippen LogP contribution in [0.1, 0.15) is 29.8 Å². The number of nitrogens with zero attached hydrogens (tertiary/aromatic N) is 6. The smallest absolute Gasteiger partial charge is 0.340 e. The molecule has 5 aromatic rings. The monoisotopic (exact) mass is 491 g/mol. The standard InChI is InChI=1S/C24H22ClN7O3/c1-3-34-23(33)18-6-5-7-19-21(18)32(24(26-19)35-4-2)13-15-8-10-17(11-9-15)31-14-16(25)12-20(31)22-27-29-30-28-22/h5-12,14H,3-4,13H2,1-2H3,(H,27,28,29,30). The second-order valence-electron chi connectivity index (χ2n) is 7.64. The van der Waals surface area contributed by atoms with Crippen LogP contribution in [0.5, 0.6) is 6.01 Å². The number of esters is 1. The van der Waals surface area contributed by atoms with Crippen LogP contribution in [0, 0.1) is 0 Å². The van der Waals surface area contributed by atoms with Gasteiger partial charge in [0.05, 0.1) is 47.1 Å². The molecule has 0 spiro atoms. The molecule has 0 radical (unpaired) electrons. The van der Waals surface area contributed by atoms with Crippen molar-refractivity contribution in [3.63, 3.8) is 0 Å². The predicted octanol–water partition coefficient (Wildman–Crippen LogP) is 4.28. The highest BCUT2D eigenvalue weighted by Gasteiger charge is 2.20. The van der Waals surface area contributed by atoms with Gasteiger partial charge in [-0.05, 0) is 60.2 Å². The minimum Gasteiger partial charge on any atom is -0.465 e. The fraction of sp³-hybridized carbons (Fsp3) is 0.208. The van der Waals surface area contributed by atoms with Crippen molar-refractivity contribution < 1.29 is 14.3 Å². The molecule has 0 unspecified atom stereocenters. The molecule has 0 aliphatic carbocycles. The fourth-order valence-electron chi connectivity index (χ4n) is 3.96. The summed E-state index contributed by atoms with van der Waals surface area (Å²) < 4.78 is 14.9. The molecule has 11 heteroatoms. The number of H-pyrrole nitrogens is 1. The van der Waals surface area contributed by atoms with Crippen LogP contribution in [0.25, 0.3) is 28.2 Å². The first kappa shape index (κ1) is 22.6. The lowest BCUT2D eigenvalue weighted by Gasteiger charge is -2.12. The zero-order chi connectivity index (χ0) is 24.4. The summed E-state index contributed by atoms with van der Waals surface area (Å²) in [6.45, 7) is 4.87. The molecule has 2 aromatic carbocycles. The molecule has 0 bridgehead atoms. The summed E-state index contributed by atoms with van der Waals surface area (Å²) in [5.41, 5.74) is 4.42. The number of nitrogens with one attached hydrogen (secondary N) is 1. The number of benzene rings is 2. The number of ether oxygens (including phenoxy) is 2. The van der Waals surface area contributed by atoms with Crippen LogP contribution in [0.2, 0.25) is 5.02 Å². The van der Waals surface area contributed by atoms with E-state index in [0.717, 1.165) is 16.9 Å². The number of hydrogen-bond donors (Lipinski definition) is 1. The summed E-state index contributed by atoms with van der Waals surface area (Å²) in [4.78, 5) is 17.2. The van der Waals surface area contributed by atoms with E-state index in [1.165, 1.54) is 0 Å². The van der Waals surface area contributed by atoms with Gasteiger partial charge in [0.25, 0.3) is 6.01 Å². The van der Waals surface area contributed by atoms with Crippen molar-refractivity contribution in [3.05, 3.63) is 70.9 Å². The van der Waals surface area contributed by atoms with E-state index in [4.69, 9.17) is 21.1 Å². The van der Waals surface area contributed by atoms with Crippen LogP contribution < -0.4 is 4.74 Å². The lowest BCUT2D eigenvalue weighted by Crippen LogP contribution is -2.10. The van der Waals surface area contributed by atoms with E-state index in [1.807, 2.05) is 46.4 Å². The van der Waals surface area contributed by atoms with Gasteiger partial charge in [-0.15, -0.1) is 5.10 Å². The number of para-hydroxylation sites is 1. The van der Waals surface area contributed by atoms with E-state index in [2.05, 4.69) is 25.6 Å². The quantitative estimate of drug-likeness (QED) is 0.322. The second kappa shape index (κ2) is 9.59. The number of tetrazole rings is 1. The first-order valence-corrected chi connectivity index (χ1v) is 11.5. The summed E-state index contributed by atoms with van der Waals surface area (Å²) in [6.07, 6.45) is 1.80. The van der Waals surface area contributed by atoms with Crippen molar-refractivity contribution in [2.24, 2.45) is 0 Å². The fourth-order valence-corrected chi connectivity index (χ4v) is 4.16. The molecule has 0 saturated heterocycles. The van der Waals surface area contributed by atoms with E-state index < -0.39 is 5.97 Å². The Morgan fingerprint density at radius 1 is 1.11 bits per heavy atom. The molecule has 3 aromatic heterocycles. The van der Waals surface area contributed by atoms with E-state index in [9.17, 15) is 4.79 Å². The Labute approximate surface area is 205 Å². The van der Waals surface area contributed by atoms with Crippen LogP contribution >= 0.6 is 11.6 Å². The third-order valence-electron chi connectivity index (χ3n) is 5.43. The highest BCUT2D eigenvalue weighted by atomic mass is 35.5. The van der Waals surface area contributed by atoms with E-state index in [1.54, 1.807) is 31.3 Å². The maximum Gasteiger partial charge on any atom is 0.340 e. The first-order chi connectivity index (χ1) is 17.1. The molecular weight excluding hydrogens is 470 g/mol. The van der Waals surface area contributed by atoms with Crippen molar-refractivity contribution in [2.75, 3.05) is 13.2 Å². The van der Waals surface area contributed by atoms with Crippen molar-refractivity contribution >= 4 is 28.6 Å². The third-order valence-corrected chi connectivity index (χ3v) is 5.64. The Bertz CT molecular complexity index is 1470. The Morgan fingerprint density at radius 2 is 1.94 bits per heavy atom. The molecule has 0 amide bonds. The van der Waals surface area contributed by atoms with Crippen LogP contribution in [0.3, 0.4) is 0 Å². The van der Waals surface area contributed by atoms with Gasteiger partial charge in [0.1, 0.15) is 0 Å². The van der Waals surface area contributed by atoms with Crippen molar-refractivity contribution in [1.29, 1.82) is 0 Å². The van der Waals surface area contributed by atoms with Gasteiger partial charge in [0.15, 0.2) is 5.82 Å². The second-order valence-corrected chi connectivity index (χ2v) is 8.07. The van der Waals surface area contributed by atoms with Crippen LogP contribution in [0.15, 0.2) is 54.7 Å². The molecular formula is C24H22ClN7O3. The van der Waals surface area contributed by atoms with Gasteiger partial charge < -0.3 is 14.0 Å². The maximum absolute atomic E-state index is 12.6. The lowest BCUT2D eigenvalue weighted by molar-refractivity contribution is 0.0528. The van der Waals surface area contributed by atoms with Crippen molar-refractivity contribution in [2.45, 2.75) is 20.4 Å². The molecule has 5 rings (SSSR count). The number of aromatic nitrogens is 7. The Hall–Kier alpha value is -4.18. The largest absolute Gasteiger partial charge is 0.465 e. The third kappa shape index (κ3) is 4.35. The molecule has 0 atom stereocenters. The highest BCUT2D eigenvalue weighted by molar-refractivity contribution is 6.30. The van der Waals surface area contributed by atoms with Gasteiger partial charge in [-0.25, -0.2) is 9.89 Å². The number of aromatic amines is 1. The van der Waals surface area contributed by atoms with Crippen LogP contribution in [0.4, 0.5) is 0 Å². The maximum atomic E-state index is 12.6. The van der Waals surface area contributed by atoms with Gasteiger partial charge in [-0.2, -0.15) is 4.98 Å². The Morgan fingerprint density at radius 3 is 2.66 bits per heavy atom. The lowest BCUT2D eigenvalue weighted by atomic mass is 10.1. The summed E-state index contributed by atoms with van der Waals surface area (Å²) in [7, 11) is 0. The summed E-state index contributed by atoms with van der Waals surface area (Å²) >= 11 is 6.26. The van der Waals surface area contributed by atoms with Gasteiger partial charge in [-0.3, -0.25) is 4.57 Å². The Balaban J connectivity index is 1.52. The summed E-state index contributed by atoms with van der Waals surface area (Å²) in [6, 6.07) is 15.6. The zero-order valence-electron chi connectivity index (χ0n) is 19.1. The molecule has 10 nitrogen and oxygen atoms in total. The zero-order valence-corrected chi connectivity index (χ0v) is 19.9. The molecule has 0 aliphatic rings. The summed E-state index contributed by atoms with van der Waals surface area (Å²) in [5, 5.41) is 14.6. The van der Waals surface area contributed by atoms with E-state index in [-0.39, 0.29) is 0 Å². The molecule has 35 heavy (non-hydrogen) atoms. The molecule has 3 heterocycles. The number of imidazole rings is 1. The predicted molar refractivity (Wildman–Crippen MR) is 130 cm³/mol. The van der Waals surface area contributed by atoms with Gasteiger partial charge in [-0.1, -0.05) is 29.8 Å². The van der Waals surface area contributed by atoms with Crippen LogP contribution in [-0.4, -0.2) is 53.9 Å². The number of carbonyl (C=O) groups is 1. The first-order valence-electron chi connectivity index (χ1n) is 11.1. The highest BCUT2D eigenvalue weighted by Crippen LogP contribution is 2.28. The number of carbonyl (C=O) groups excluding carboxylic acids is 1. The van der Waals surface area contributed by atoms with Gasteiger partial charge in [0, 0.05) is 11.9 Å².